The predicted molar refractivity (Wildman–Crippen MR) is 60.2 cm³/mol. The average Bonchev–Trinajstić information content (AvgIpc) is 2.61. The molecular formula is C8H14ClN3OS. The van der Waals surface area contributed by atoms with E-state index in [0.29, 0.717) is 24.2 Å². The van der Waals surface area contributed by atoms with Crippen molar-refractivity contribution in [3.8, 4) is 0 Å². The molecule has 0 amide bonds. The van der Waals surface area contributed by atoms with E-state index in [4.69, 9.17) is 16.0 Å². The Bertz CT molecular complexity index is 256. The van der Waals surface area contributed by atoms with Crippen molar-refractivity contribution in [1.82, 2.24) is 10.2 Å². The van der Waals surface area contributed by atoms with Gasteiger partial charge in [0.15, 0.2) is 0 Å². The molecule has 0 saturated carbocycles. The number of hydrogen-bond acceptors (Lipinski definition) is 5. The first-order valence-electron chi connectivity index (χ1n) is 4.48. The van der Waals surface area contributed by atoms with E-state index < -0.39 is 0 Å². The maximum absolute atomic E-state index is 5.54. The van der Waals surface area contributed by atoms with Gasteiger partial charge in [-0.25, -0.2) is 0 Å². The van der Waals surface area contributed by atoms with Crippen LogP contribution in [0.15, 0.2) is 4.42 Å². The summed E-state index contributed by atoms with van der Waals surface area (Å²) < 4.78 is 5.28. The van der Waals surface area contributed by atoms with Crippen LogP contribution < -0.4 is 5.32 Å². The van der Waals surface area contributed by atoms with E-state index in [0.717, 1.165) is 18.7 Å². The molecule has 0 spiro atoms. The number of nitrogens with one attached hydrogen (secondary N) is 1. The Balaban J connectivity index is 2.22. The van der Waals surface area contributed by atoms with E-state index in [1.165, 1.54) is 0 Å². The molecule has 0 unspecified atom stereocenters. The van der Waals surface area contributed by atoms with Gasteiger partial charge in [0.25, 0.3) is 0 Å². The van der Waals surface area contributed by atoms with Gasteiger partial charge in [-0.1, -0.05) is 5.10 Å². The lowest BCUT2D eigenvalue weighted by atomic mass is 10.5. The third-order valence-electron chi connectivity index (χ3n) is 1.58. The molecule has 1 heterocycles. The molecule has 0 bridgehead atoms. The molecule has 1 aromatic rings. The molecule has 1 rings (SSSR count). The molecule has 0 atom stereocenters. The summed E-state index contributed by atoms with van der Waals surface area (Å²) in [6, 6.07) is 0.492. The molecule has 6 heteroatoms. The fraction of sp³-hybridized carbons (Fsp3) is 0.750. The fourth-order valence-electron chi connectivity index (χ4n) is 0.919. The van der Waals surface area contributed by atoms with Gasteiger partial charge in [0.1, 0.15) is 0 Å². The molecule has 0 radical (unpaired) electrons. The maximum Gasteiger partial charge on any atom is 0.315 e. The molecule has 14 heavy (non-hydrogen) atoms. The van der Waals surface area contributed by atoms with Gasteiger partial charge >= 0.3 is 6.01 Å². The Hall–Kier alpha value is -0.420. The van der Waals surface area contributed by atoms with Crippen LogP contribution >= 0.6 is 23.4 Å². The van der Waals surface area contributed by atoms with E-state index in [9.17, 15) is 0 Å². The highest BCUT2D eigenvalue weighted by Gasteiger charge is 2.03. The second-order valence-corrected chi connectivity index (χ2v) is 4.08. The van der Waals surface area contributed by atoms with Crippen LogP contribution in [0, 0.1) is 0 Å². The molecule has 0 fully saturated rings. The molecule has 1 N–H and O–H groups in total. The first-order valence-corrected chi connectivity index (χ1v) is 6.41. The van der Waals surface area contributed by atoms with E-state index in [1.807, 2.05) is 11.8 Å². The Morgan fingerprint density at radius 1 is 1.50 bits per heavy atom. The monoisotopic (exact) mass is 235 g/mol. The summed E-state index contributed by atoms with van der Waals surface area (Å²) in [5.74, 6) is 2.23. The van der Waals surface area contributed by atoms with Crippen LogP contribution in [0.25, 0.3) is 0 Å². The molecule has 0 aromatic carbocycles. The SMILES string of the molecule is CSCCCNc1nnc(CCCl)o1. The van der Waals surface area contributed by atoms with E-state index >= 15 is 0 Å². The Morgan fingerprint density at radius 2 is 2.36 bits per heavy atom. The molecule has 0 saturated heterocycles. The summed E-state index contributed by atoms with van der Waals surface area (Å²) in [6.07, 6.45) is 3.81. The van der Waals surface area contributed by atoms with Crippen molar-refractivity contribution >= 4 is 29.4 Å². The molecule has 0 aliphatic rings. The summed E-state index contributed by atoms with van der Waals surface area (Å²) >= 11 is 7.37. The van der Waals surface area contributed by atoms with Crippen molar-refractivity contribution in [2.45, 2.75) is 12.8 Å². The number of nitrogens with zero attached hydrogens (tertiary/aromatic N) is 2. The van der Waals surface area contributed by atoms with Crippen LogP contribution in [0.5, 0.6) is 0 Å². The first kappa shape index (κ1) is 11.7. The highest BCUT2D eigenvalue weighted by atomic mass is 35.5. The second kappa shape index (κ2) is 6.95. The Kier molecular flexibility index (Phi) is 5.78. The summed E-state index contributed by atoms with van der Waals surface area (Å²) in [7, 11) is 0. The second-order valence-electron chi connectivity index (χ2n) is 2.71. The van der Waals surface area contributed by atoms with Gasteiger partial charge in [-0.3, -0.25) is 0 Å². The summed E-state index contributed by atoms with van der Waals surface area (Å²) in [5.41, 5.74) is 0. The highest BCUT2D eigenvalue weighted by Crippen LogP contribution is 2.06. The smallest absolute Gasteiger partial charge is 0.315 e. The normalized spacial score (nSPS) is 10.4. The van der Waals surface area contributed by atoms with Crippen LogP contribution in [0.3, 0.4) is 0 Å². The zero-order chi connectivity index (χ0) is 10.2. The van der Waals surface area contributed by atoms with Crippen molar-refractivity contribution in [1.29, 1.82) is 0 Å². The quantitative estimate of drug-likeness (QED) is 0.579. The summed E-state index contributed by atoms with van der Waals surface area (Å²) in [6.45, 7) is 0.864. The Labute approximate surface area is 92.8 Å². The van der Waals surface area contributed by atoms with Crippen LogP contribution in [0.2, 0.25) is 0 Å². The molecule has 80 valence electrons. The number of anilines is 1. The zero-order valence-electron chi connectivity index (χ0n) is 8.12. The molecule has 0 aliphatic heterocycles. The van der Waals surface area contributed by atoms with E-state index in [-0.39, 0.29) is 0 Å². The van der Waals surface area contributed by atoms with Gasteiger partial charge in [-0.05, 0) is 18.4 Å². The van der Waals surface area contributed by atoms with Crippen LogP contribution in [-0.2, 0) is 6.42 Å². The predicted octanol–water partition coefficient (Wildman–Crippen LogP) is 2.02. The number of rotatable bonds is 7. The van der Waals surface area contributed by atoms with Crippen molar-refractivity contribution < 1.29 is 4.42 Å². The lowest BCUT2D eigenvalue weighted by molar-refractivity contribution is 0.512. The summed E-state index contributed by atoms with van der Waals surface area (Å²) in [5, 5.41) is 10.7. The minimum absolute atomic E-state index is 0.492. The average molecular weight is 236 g/mol. The summed E-state index contributed by atoms with van der Waals surface area (Å²) in [4.78, 5) is 0. The van der Waals surface area contributed by atoms with Gasteiger partial charge < -0.3 is 9.73 Å². The number of hydrogen-bond donors (Lipinski definition) is 1. The zero-order valence-corrected chi connectivity index (χ0v) is 9.70. The largest absolute Gasteiger partial charge is 0.408 e. The molecule has 0 aliphatic carbocycles. The number of aromatic nitrogens is 2. The van der Waals surface area contributed by atoms with E-state index in [2.05, 4.69) is 21.8 Å². The van der Waals surface area contributed by atoms with Gasteiger partial charge in [0.2, 0.25) is 5.89 Å². The Morgan fingerprint density at radius 3 is 3.07 bits per heavy atom. The number of alkyl halides is 1. The molecular weight excluding hydrogens is 222 g/mol. The fourth-order valence-corrected chi connectivity index (χ4v) is 1.51. The molecule has 1 aromatic heterocycles. The third kappa shape index (κ3) is 4.19. The minimum Gasteiger partial charge on any atom is -0.408 e. The van der Waals surface area contributed by atoms with Crippen LogP contribution in [-0.4, -0.2) is 34.6 Å². The topological polar surface area (TPSA) is 51.0 Å². The van der Waals surface area contributed by atoms with E-state index in [1.54, 1.807) is 0 Å². The van der Waals surface area contributed by atoms with Crippen molar-refractivity contribution in [3.63, 3.8) is 0 Å². The number of thioether (sulfide) groups is 1. The lowest BCUT2D eigenvalue weighted by Crippen LogP contribution is -2.02. The number of aryl methyl sites for hydroxylation is 1. The minimum atomic E-state index is 0.492. The van der Waals surface area contributed by atoms with Crippen LogP contribution in [0.1, 0.15) is 12.3 Å². The highest BCUT2D eigenvalue weighted by molar-refractivity contribution is 7.98. The van der Waals surface area contributed by atoms with Gasteiger partial charge in [0.05, 0.1) is 0 Å². The van der Waals surface area contributed by atoms with Crippen molar-refractivity contribution in [2.75, 3.05) is 29.8 Å². The lowest BCUT2D eigenvalue weighted by Gasteiger charge is -1.98. The van der Waals surface area contributed by atoms with Crippen molar-refractivity contribution in [3.05, 3.63) is 5.89 Å². The van der Waals surface area contributed by atoms with Gasteiger partial charge in [0, 0.05) is 18.8 Å². The van der Waals surface area contributed by atoms with Gasteiger partial charge in [-0.2, -0.15) is 11.8 Å². The number of halogens is 1. The van der Waals surface area contributed by atoms with Crippen LogP contribution in [0.4, 0.5) is 6.01 Å². The van der Waals surface area contributed by atoms with Gasteiger partial charge in [-0.15, -0.1) is 16.7 Å². The molecule has 4 nitrogen and oxygen atoms in total. The maximum atomic E-state index is 5.54. The van der Waals surface area contributed by atoms with Crippen molar-refractivity contribution in [2.24, 2.45) is 0 Å². The first-order chi connectivity index (χ1) is 6.86. The third-order valence-corrected chi connectivity index (χ3v) is 2.46. The standard InChI is InChI=1S/C8H14ClN3OS/c1-14-6-2-5-10-8-12-11-7(13-8)3-4-9/h2-6H2,1H3,(H,10,12).